The quantitative estimate of drug-likeness (QED) is 0.188. The molecule has 0 aliphatic heterocycles. The Morgan fingerprint density at radius 1 is 0.460 bits per heavy atom. The molecule has 3 nitrogen and oxygen atoms in total. The predicted molar refractivity (Wildman–Crippen MR) is 213 cm³/mol. The number of hydrogen-bond acceptors (Lipinski definition) is 3. The Morgan fingerprint density at radius 2 is 1.14 bits per heavy atom. The number of para-hydroxylation sites is 3. The Bertz CT molecular complexity index is 3110. The van der Waals surface area contributed by atoms with Gasteiger partial charge in [-0.05, 0) is 83.6 Å². The van der Waals surface area contributed by atoms with E-state index in [1.807, 2.05) is 23.5 Å². The predicted octanol–water partition coefficient (Wildman–Crippen LogP) is 13.7. The van der Waals surface area contributed by atoms with Crippen LogP contribution in [0.4, 0.5) is 17.1 Å². The molecule has 0 aliphatic rings. The second-order valence-electron chi connectivity index (χ2n) is 12.9. The lowest BCUT2D eigenvalue weighted by Crippen LogP contribution is -2.10. The fraction of sp³-hybridized carbons (Fsp3) is 0. The number of rotatable bonds is 4. The van der Waals surface area contributed by atoms with E-state index in [2.05, 4.69) is 167 Å². The van der Waals surface area contributed by atoms with Crippen molar-refractivity contribution in [2.75, 3.05) is 4.90 Å². The Hall–Kier alpha value is -6.36. The Labute approximate surface area is 291 Å². The zero-order valence-corrected chi connectivity index (χ0v) is 27.7. The summed E-state index contributed by atoms with van der Waals surface area (Å²) in [6, 6.07) is 61.3. The maximum absolute atomic E-state index is 6.28. The van der Waals surface area contributed by atoms with E-state index in [1.54, 1.807) is 0 Å². The van der Waals surface area contributed by atoms with Crippen molar-refractivity contribution in [1.82, 2.24) is 4.57 Å². The normalized spacial score (nSPS) is 12.0. The highest BCUT2D eigenvalue weighted by atomic mass is 32.1. The summed E-state index contributed by atoms with van der Waals surface area (Å²) in [7, 11) is 0. The Morgan fingerprint density at radius 3 is 2.04 bits per heavy atom. The third kappa shape index (κ3) is 3.97. The summed E-state index contributed by atoms with van der Waals surface area (Å²) in [5.41, 5.74) is 8.68. The van der Waals surface area contributed by atoms with Crippen molar-refractivity contribution in [3.05, 3.63) is 170 Å². The van der Waals surface area contributed by atoms with Gasteiger partial charge in [-0.2, -0.15) is 0 Å². The van der Waals surface area contributed by atoms with Gasteiger partial charge in [-0.15, -0.1) is 11.3 Å². The van der Waals surface area contributed by atoms with Crippen molar-refractivity contribution in [3.8, 4) is 5.69 Å². The van der Waals surface area contributed by atoms with Crippen LogP contribution < -0.4 is 4.90 Å². The lowest BCUT2D eigenvalue weighted by molar-refractivity contribution is 0.669. The fourth-order valence-corrected chi connectivity index (χ4v) is 9.19. The van der Waals surface area contributed by atoms with Gasteiger partial charge in [0.25, 0.3) is 0 Å². The first-order chi connectivity index (χ1) is 24.8. The second-order valence-corrected chi connectivity index (χ2v) is 14.0. The minimum absolute atomic E-state index is 0.892. The van der Waals surface area contributed by atoms with E-state index in [4.69, 9.17) is 4.42 Å². The van der Waals surface area contributed by atoms with Gasteiger partial charge in [0, 0.05) is 54.1 Å². The van der Waals surface area contributed by atoms with Crippen LogP contribution in [0.5, 0.6) is 0 Å². The van der Waals surface area contributed by atoms with Crippen LogP contribution >= 0.6 is 11.3 Å². The molecule has 0 saturated carbocycles. The molecule has 0 spiro atoms. The number of nitrogens with zero attached hydrogens (tertiary/aromatic N) is 2. The van der Waals surface area contributed by atoms with E-state index < -0.39 is 0 Å². The summed E-state index contributed by atoms with van der Waals surface area (Å²) in [6.45, 7) is 0. The van der Waals surface area contributed by atoms with Crippen molar-refractivity contribution in [1.29, 1.82) is 0 Å². The molecule has 4 heteroatoms. The maximum Gasteiger partial charge on any atom is 0.135 e. The van der Waals surface area contributed by atoms with Crippen LogP contribution in [0, 0.1) is 0 Å². The van der Waals surface area contributed by atoms with Gasteiger partial charge in [0.1, 0.15) is 11.2 Å². The molecule has 0 fully saturated rings. The fourth-order valence-electron chi connectivity index (χ4n) is 7.97. The molecule has 3 aromatic heterocycles. The highest BCUT2D eigenvalue weighted by Gasteiger charge is 2.22. The number of anilines is 3. The number of thiophene rings is 1. The third-order valence-electron chi connectivity index (χ3n) is 10.2. The smallest absolute Gasteiger partial charge is 0.135 e. The zero-order chi connectivity index (χ0) is 32.8. The molecule has 0 radical (unpaired) electrons. The lowest BCUT2D eigenvalue weighted by Gasteiger charge is -2.26. The third-order valence-corrected chi connectivity index (χ3v) is 11.3. The first-order valence-corrected chi connectivity index (χ1v) is 17.7. The number of aromatic nitrogens is 1. The highest BCUT2D eigenvalue weighted by Crippen LogP contribution is 2.48. The average molecular weight is 657 g/mol. The summed E-state index contributed by atoms with van der Waals surface area (Å²) in [6.07, 6.45) is 0. The van der Waals surface area contributed by atoms with E-state index in [9.17, 15) is 0 Å². The van der Waals surface area contributed by atoms with Gasteiger partial charge >= 0.3 is 0 Å². The Balaban J connectivity index is 1.22. The van der Waals surface area contributed by atoms with E-state index in [0.717, 1.165) is 44.7 Å². The molecule has 234 valence electrons. The van der Waals surface area contributed by atoms with Gasteiger partial charge in [0.15, 0.2) is 0 Å². The van der Waals surface area contributed by atoms with E-state index in [0.29, 0.717) is 0 Å². The van der Waals surface area contributed by atoms with Crippen LogP contribution in [-0.4, -0.2) is 4.57 Å². The number of fused-ring (bicyclic) bond motifs is 11. The molecular weight excluding hydrogens is 629 g/mol. The molecule has 3 heterocycles. The van der Waals surface area contributed by atoms with Crippen molar-refractivity contribution in [2.24, 2.45) is 0 Å². The Kier molecular flexibility index (Phi) is 5.83. The monoisotopic (exact) mass is 656 g/mol. The minimum atomic E-state index is 0.892. The summed E-state index contributed by atoms with van der Waals surface area (Å²) in [5, 5.41) is 9.84. The molecule has 8 aromatic carbocycles. The van der Waals surface area contributed by atoms with Crippen LogP contribution in [0.3, 0.4) is 0 Å². The van der Waals surface area contributed by atoms with Gasteiger partial charge in [-0.25, -0.2) is 0 Å². The molecule has 0 bridgehead atoms. The van der Waals surface area contributed by atoms with Crippen LogP contribution in [0.15, 0.2) is 174 Å². The molecule has 0 aliphatic carbocycles. The van der Waals surface area contributed by atoms with Crippen LogP contribution in [0.2, 0.25) is 0 Å². The van der Waals surface area contributed by atoms with Crippen LogP contribution in [0.1, 0.15) is 0 Å². The lowest BCUT2D eigenvalue weighted by atomic mass is 10.0. The van der Waals surface area contributed by atoms with Crippen LogP contribution in [0.25, 0.3) is 80.4 Å². The minimum Gasteiger partial charge on any atom is -0.456 e. The average Bonchev–Trinajstić information content (AvgIpc) is 3.85. The zero-order valence-electron chi connectivity index (χ0n) is 26.9. The van der Waals surface area contributed by atoms with E-state index in [-0.39, 0.29) is 0 Å². The van der Waals surface area contributed by atoms with Gasteiger partial charge in [0.2, 0.25) is 0 Å². The van der Waals surface area contributed by atoms with E-state index in [1.165, 1.54) is 52.8 Å². The summed E-state index contributed by atoms with van der Waals surface area (Å²) >= 11 is 1.87. The first-order valence-electron chi connectivity index (χ1n) is 16.9. The van der Waals surface area contributed by atoms with Gasteiger partial charge in [-0.3, -0.25) is 0 Å². The molecule has 50 heavy (non-hydrogen) atoms. The van der Waals surface area contributed by atoms with Crippen molar-refractivity contribution >= 4 is 103 Å². The summed E-state index contributed by atoms with van der Waals surface area (Å²) < 4.78 is 11.2. The number of furan rings is 1. The number of hydrogen-bond donors (Lipinski definition) is 0. The number of benzene rings is 8. The van der Waals surface area contributed by atoms with Crippen LogP contribution in [-0.2, 0) is 0 Å². The molecule has 11 rings (SSSR count). The summed E-state index contributed by atoms with van der Waals surface area (Å²) in [4.78, 5) is 2.44. The van der Waals surface area contributed by atoms with Crippen molar-refractivity contribution < 1.29 is 4.42 Å². The highest BCUT2D eigenvalue weighted by molar-refractivity contribution is 7.26. The molecular formula is C46H28N2OS. The first kappa shape index (κ1) is 27.6. The van der Waals surface area contributed by atoms with Gasteiger partial charge < -0.3 is 13.9 Å². The molecule has 0 unspecified atom stereocenters. The van der Waals surface area contributed by atoms with Crippen molar-refractivity contribution in [2.45, 2.75) is 0 Å². The molecule has 0 saturated heterocycles. The maximum atomic E-state index is 6.28. The topological polar surface area (TPSA) is 21.3 Å². The van der Waals surface area contributed by atoms with Gasteiger partial charge in [0.05, 0.1) is 21.4 Å². The molecule has 0 atom stereocenters. The molecule has 0 N–H and O–H groups in total. The summed E-state index contributed by atoms with van der Waals surface area (Å²) in [5.74, 6) is 0. The molecule has 0 amide bonds. The standard InChI is InChI=1S/C46H28N2OS/c1-2-12-30(13-3-1)48-39-18-8-6-15-34(39)37-27-31(22-24-40(37)48)47(32-23-25-43-38(28-32)35-16-7-9-20-42(35)49-43)41-19-10-17-36-45-33-14-5-4-11-29(33)21-26-44(45)50-46(36)41/h1-28H. The van der Waals surface area contributed by atoms with E-state index >= 15 is 0 Å². The second kappa shape index (κ2) is 10.6. The van der Waals surface area contributed by atoms with Gasteiger partial charge in [-0.1, -0.05) is 97.1 Å². The SMILES string of the molecule is c1ccc(-n2c3ccccc3c3cc(N(c4ccc5oc6ccccc6c5c4)c4cccc5c4sc4ccc6ccccc6c45)ccc32)cc1. The van der Waals surface area contributed by atoms with Crippen molar-refractivity contribution in [3.63, 3.8) is 0 Å². The molecule has 11 aromatic rings. The largest absolute Gasteiger partial charge is 0.456 e.